The molecule has 3 rings (SSSR count). The van der Waals surface area contributed by atoms with Crippen LogP contribution in [0.25, 0.3) is 0 Å². The van der Waals surface area contributed by atoms with E-state index in [4.69, 9.17) is 4.74 Å². The fourth-order valence-electron chi connectivity index (χ4n) is 3.92. The SMILES string of the molecule is Cl.O=C(OCC#CCN1CCCCC1)C1(c2ccccc2)CCCC1. The smallest absolute Gasteiger partial charge is 0.317 e. The van der Waals surface area contributed by atoms with Crippen LogP contribution >= 0.6 is 12.4 Å². The molecule has 1 saturated heterocycles. The number of halogens is 1. The Labute approximate surface area is 157 Å². The van der Waals surface area contributed by atoms with Crippen molar-refractivity contribution in [2.24, 2.45) is 0 Å². The van der Waals surface area contributed by atoms with E-state index in [1.54, 1.807) is 0 Å². The fraction of sp³-hybridized carbons (Fsp3) is 0.571. The van der Waals surface area contributed by atoms with Crippen LogP contribution in [-0.2, 0) is 14.9 Å². The monoisotopic (exact) mass is 361 g/mol. The molecule has 1 aliphatic carbocycles. The highest BCUT2D eigenvalue weighted by molar-refractivity contribution is 5.85. The van der Waals surface area contributed by atoms with E-state index in [0.29, 0.717) is 0 Å². The van der Waals surface area contributed by atoms with Gasteiger partial charge in [0.25, 0.3) is 0 Å². The van der Waals surface area contributed by atoms with Crippen molar-refractivity contribution < 1.29 is 9.53 Å². The molecule has 0 unspecified atom stereocenters. The Hall–Kier alpha value is -1.50. The molecule has 2 aliphatic rings. The number of carbonyl (C=O) groups excluding carboxylic acids is 1. The molecule has 1 heterocycles. The van der Waals surface area contributed by atoms with Gasteiger partial charge in [-0.15, -0.1) is 12.4 Å². The minimum absolute atomic E-state index is 0. The summed E-state index contributed by atoms with van der Waals surface area (Å²) in [6, 6.07) is 10.1. The van der Waals surface area contributed by atoms with Gasteiger partial charge in [0.2, 0.25) is 0 Å². The third kappa shape index (κ3) is 5.00. The van der Waals surface area contributed by atoms with Crippen molar-refractivity contribution in [3.8, 4) is 11.8 Å². The third-order valence-corrected chi connectivity index (χ3v) is 5.33. The highest BCUT2D eigenvalue weighted by Crippen LogP contribution is 2.42. The summed E-state index contributed by atoms with van der Waals surface area (Å²) in [7, 11) is 0. The van der Waals surface area contributed by atoms with Crippen molar-refractivity contribution in [1.29, 1.82) is 0 Å². The molecule has 1 aliphatic heterocycles. The van der Waals surface area contributed by atoms with Gasteiger partial charge >= 0.3 is 5.97 Å². The Balaban J connectivity index is 0.00000225. The number of ether oxygens (including phenoxy) is 1. The van der Waals surface area contributed by atoms with Crippen LogP contribution in [0.4, 0.5) is 0 Å². The Morgan fingerprint density at radius 1 is 1.00 bits per heavy atom. The van der Waals surface area contributed by atoms with Gasteiger partial charge in [-0.2, -0.15) is 0 Å². The number of piperidine rings is 1. The second-order valence-electron chi connectivity index (χ2n) is 6.92. The zero-order chi connectivity index (χ0) is 16.7. The van der Waals surface area contributed by atoms with Crippen LogP contribution in [0, 0.1) is 11.8 Å². The van der Waals surface area contributed by atoms with Gasteiger partial charge in [0.05, 0.1) is 12.0 Å². The van der Waals surface area contributed by atoms with Gasteiger partial charge < -0.3 is 4.74 Å². The van der Waals surface area contributed by atoms with Crippen molar-refractivity contribution in [1.82, 2.24) is 4.90 Å². The lowest BCUT2D eigenvalue weighted by molar-refractivity contribution is -0.149. The Morgan fingerprint density at radius 2 is 1.68 bits per heavy atom. The number of rotatable bonds is 4. The first-order chi connectivity index (χ1) is 11.8. The summed E-state index contributed by atoms with van der Waals surface area (Å²) in [5, 5.41) is 0. The predicted molar refractivity (Wildman–Crippen MR) is 103 cm³/mol. The molecule has 1 aromatic rings. The molecule has 0 aromatic heterocycles. The molecule has 1 saturated carbocycles. The van der Waals surface area contributed by atoms with Crippen LogP contribution in [0.1, 0.15) is 50.5 Å². The summed E-state index contributed by atoms with van der Waals surface area (Å²) >= 11 is 0. The van der Waals surface area contributed by atoms with E-state index in [1.165, 1.54) is 19.3 Å². The number of hydrogen-bond acceptors (Lipinski definition) is 3. The third-order valence-electron chi connectivity index (χ3n) is 5.33. The second-order valence-corrected chi connectivity index (χ2v) is 6.92. The fourth-order valence-corrected chi connectivity index (χ4v) is 3.92. The molecule has 0 bridgehead atoms. The number of carbonyl (C=O) groups is 1. The van der Waals surface area contributed by atoms with Gasteiger partial charge in [-0.25, -0.2) is 0 Å². The van der Waals surface area contributed by atoms with E-state index in [2.05, 4.69) is 28.9 Å². The minimum Gasteiger partial charge on any atom is -0.452 e. The summed E-state index contributed by atoms with van der Waals surface area (Å²) in [4.78, 5) is 15.1. The standard InChI is InChI=1S/C21H27NO2.ClH/c23-20(24-18-10-9-17-22-15-7-2-8-16-22)21(13-5-6-14-21)19-11-3-1-4-12-19;/h1,3-4,11-12H,2,5-8,13-18H2;1H. The zero-order valence-electron chi connectivity index (χ0n) is 14.8. The summed E-state index contributed by atoms with van der Waals surface area (Å²) in [5.41, 5.74) is 0.643. The summed E-state index contributed by atoms with van der Waals surface area (Å²) in [5.74, 6) is 6.07. The largest absolute Gasteiger partial charge is 0.452 e. The molecule has 0 amide bonds. The minimum atomic E-state index is -0.449. The first-order valence-electron chi connectivity index (χ1n) is 9.22. The van der Waals surface area contributed by atoms with E-state index in [-0.39, 0.29) is 25.0 Å². The number of nitrogens with zero attached hydrogens (tertiary/aromatic N) is 1. The van der Waals surface area contributed by atoms with Gasteiger partial charge in [-0.1, -0.05) is 61.4 Å². The molecule has 3 nitrogen and oxygen atoms in total. The van der Waals surface area contributed by atoms with Crippen molar-refractivity contribution in [2.75, 3.05) is 26.2 Å². The lowest BCUT2D eigenvalue weighted by atomic mass is 9.79. The molecule has 2 fully saturated rings. The van der Waals surface area contributed by atoms with Gasteiger partial charge in [0.15, 0.2) is 6.61 Å². The van der Waals surface area contributed by atoms with Crippen LogP contribution in [0.5, 0.6) is 0 Å². The van der Waals surface area contributed by atoms with Gasteiger partial charge in [-0.3, -0.25) is 9.69 Å². The predicted octanol–water partition coefficient (Wildman–Crippen LogP) is 3.95. The van der Waals surface area contributed by atoms with E-state index in [9.17, 15) is 4.79 Å². The summed E-state index contributed by atoms with van der Waals surface area (Å²) < 4.78 is 5.54. The van der Waals surface area contributed by atoms with Crippen LogP contribution in [0.2, 0.25) is 0 Å². The van der Waals surface area contributed by atoms with E-state index < -0.39 is 5.41 Å². The Bertz CT molecular complexity index is 593. The maximum Gasteiger partial charge on any atom is 0.317 e. The summed E-state index contributed by atoms with van der Waals surface area (Å²) in [6.07, 6.45) is 7.83. The summed E-state index contributed by atoms with van der Waals surface area (Å²) in [6.45, 7) is 3.29. The van der Waals surface area contributed by atoms with Crippen LogP contribution in [-0.4, -0.2) is 37.1 Å². The molecule has 0 spiro atoms. The maximum absolute atomic E-state index is 12.7. The maximum atomic E-state index is 12.7. The van der Waals surface area contributed by atoms with Crippen molar-refractivity contribution in [3.63, 3.8) is 0 Å². The lowest BCUT2D eigenvalue weighted by Gasteiger charge is -2.26. The molecule has 25 heavy (non-hydrogen) atoms. The van der Waals surface area contributed by atoms with Crippen molar-refractivity contribution in [2.45, 2.75) is 50.4 Å². The van der Waals surface area contributed by atoms with E-state index >= 15 is 0 Å². The molecule has 1 aromatic carbocycles. The lowest BCUT2D eigenvalue weighted by Crippen LogP contribution is -2.34. The molecule has 0 atom stereocenters. The molecular formula is C21H28ClNO2. The van der Waals surface area contributed by atoms with Crippen molar-refractivity contribution >= 4 is 18.4 Å². The first-order valence-corrected chi connectivity index (χ1v) is 9.22. The van der Waals surface area contributed by atoms with E-state index in [0.717, 1.165) is 50.9 Å². The van der Waals surface area contributed by atoms with Crippen LogP contribution < -0.4 is 0 Å². The number of likely N-dealkylation sites (tertiary alicyclic amines) is 1. The van der Waals surface area contributed by atoms with Gasteiger partial charge in [0, 0.05) is 0 Å². The molecule has 0 N–H and O–H groups in total. The number of hydrogen-bond donors (Lipinski definition) is 0. The van der Waals surface area contributed by atoms with Crippen LogP contribution in [0.15, 0.2) is 30.3 Å². The number of benzene rings is 1. The molecule has 4 heteroatoms. The number of esters is 1. The molecular weight excluding hydrogens is 334 g/mol. The molecule has 136 valence electrons. The normalized spacial score (nSPS) is 19.4. The van der Waals surface area contributed by atoms with Gasteiger partial charge in [0.1, 0.15) is 0 Å². The quantitative estimate of drug-likeness (QED) is 0.600. The second kappa shape index (κ2) is 9.85. The van der Waals surface area contributed by atoms with Crippen molar-refractivity contribution in [3.05, 3.63) is 35.9 Å². The molecule has 0 radical (unpaired) electrons. The topological polar surface area (TPSA) is 29.5 Å². The average Bonchev–Trinajstić information content (AvgIpc) is 3.14. The Morgan fingerprint density at radius 3 is 2.36 bits per heavy atom. The van der Waals surface area contributed by atoms with E-state index in [1.807, 2.05) is 18.2 Å². The highest BCUT2D eigenvalue weighted by atomic mass is 35.5. The van der Waals surface area contributed by atoms with Crippen LogP contribution in [0.3, 0.4) is 0 Å². The average molecular weight is 362 g/mol. The Kier molecular flexibility index (Phi) is 7.81. The van der Waals surface area contributed by atoms with Gasteiger partial charge in [-0.05, 0) is 44.3 Å². The first kappa shape index (κ1) is 19.8. The zero-order valence-corrected chi connectivity index (χ0v) is 15.7. The highest BCUT2D eigenvalue weighted by Gasteiger charge is 2.43.